The summed E-state index contributed by atoms with van der Waals surface area (Å²) in [4.78, 5) is 14.2. The number of hydrogen-bond acceptors (Lipinski definition) is 4. The van der Waals surface area contributed by atoms with Crippen molar-refractivity contribution in [3.63, 3.8) is 0 Å². The van der Waals surface area contributed by atoms with E-state index in [0.29, 0.717) is 24.3 Å². The summed E-state index contributed by atoms with van der Waals surface area (Å²) in [6, 6.07) is 8.69. The van der Waals surface area contributed by atoms with Gasteiger partial charge in [0, 0.05) is 18.2 Å². The Balaban J connectivity index is 1.80. The first kappa shape index (κ1) is 16.7. The van der Waals surface area contributed by atoms with Crippen molar-refractivity contribution in [3.05, 3.63) is 48.0 Å². The molecule has 0 N–H and O–H groups in total. The van der Waals surface area contributed by atoms with Gasteiger partial charge in [0.25, 0.3) is 5.91 Å². The van der Waals surface area contributed by atoms with Crippen LogP contribution in [0.5, 0.6) is 0 Å². The Labute approximate surface area is 140 Å². The highest BCUT2D eigenvalue weighted by atomic mass is 32.2. The van der Waals surface area contributed by atoms with Crippen LogP contribution in [-0.2, 0) is 9.84 Å². The maximum Gasteiger partial charge on any atom is 0.289 e. The van der Waals surface area contributed by atoms with Crippen LogP contribution in [0.15, 0.2) is 40.8 Å². The second kappa shape index (κ2) is 6.39. The minimum Gasteiger partial charge on any atom is -0.451 e. The van der Waals surface area contributed by atoms with Crippen LogP contribution in [0.4, 0.5) is 4.39 Å². The number of sulfone groups is 1. The molecule has 1 aliphatic heterocycles. The number of carbonyl (C=O) groups is 1. The summed E-state index contributed by atoms with van der Waals surface area (Å²) in [7, 11) is -3.07. The highest BCUT2D eigenvalue weighted by Crippen LogP contribution is 2.25. The van der Waals surface area contributed by atoms with Gasteiger partial charge in [-0.15, -0.1) is 0 Å². The molecule has 1 aliphatic rings. The molecule has 0 aliphatic carbocycles. The lowest BCUT2D eigenvalue weighted by Gasteiger charge is -2.25. The van der Waals surface area contributed by atoms with Crippen LogP contribution in [0.2, 0.25) is 0 Å². The summed E-state index contributed by atoms with van der Waals surface area (Å²) >= 11 is 0. The molecule has 3 rings (SSSR count). The number of carbonyl (C=O) groups excluding carboxylic acids is 1. The maximum atomic E-state index is 13.0. The molecule has 1 unspecified atom stereocenters. The van der Waals surface area contributed by atoms with Crippen LogP contribution in [0, 0.1) is 5.82 Å². The highest BCUT2D eigenvalue weighted by molar-refractivity contribution is 7.91. The number of nitrogens with zero attached hydrogens (tertiary/aromatic N) is 1. The molecular formula is C17H18FNO4S. The van der Waals surface area contributed by atoms with Gasteiger partial charge >= 0.3 is 0 Å². The van der Waals surface area contributed by atoms with Gasteiger partial charge in [-0.2, -0.15) is 0 Å². The van der Waals surface area contributed by atoms with E-state index in [2.05, 4.69) is 0 Å². The number of rotatable bonds is 4. The quantitative estimate of drug-likeness (QED) is 0.849. The van der Waals surface area contributed by atoms with Gasteiger partial charge < -0.3 is 9.32 Å². The molecule has 1 aromatic heterocycles. The Morgan fingerprint density at radius 1 is 1.25 bits per heavy atom. The number of benzene rings is 1. The van der Waals surface area contributed by atoms with Crippen LogP contribution in [0.25, 0.3) is 11.3 Å². The second-order valence-electron chi connectivity index (χ2n) is 5.82. The molecule has 1 aromatic carbocycles. The van der Waals surface area contributed by atoms with E-state index in [1.807, 2.05) is 6.92 Å². The minimum absolute atomic E-state index is 0.00188. The summed E-state index contributed by atoms with van der Waals surface area (Å²) in [5, 5.41) is 0. The van der Waals surface area contributed by atoms with Crippen molar-refractivity contribution in [1.82, 2.24) is 4.90 Å². The Morgan fingerprint density at radius 2 is 1.96 bits per heavy atom. The normalized spacial score (nSPS) is 19.3. The largest absolute Gasteiger partial charge is 0.451 e. The summed E-state index contributed by atoms with van der Waals surface area (Å²) in [6.45, 7) is 2.22. The molecule has 128 valence electrons. The lowest BCUT2D eigenvalue weighted by Crippen LogP contribution is -2.40. The average molecular weight is 351 g/mol. The van der Waals surface area contributed by atoms with E-state index in [1.165, 1.54) is 17.0 Å². The smallest absolute Gasteiger partial charge is 0.289 e. The molecule has 0 radical (unpaired) electrons. The van der Waals surface area contributed by atoms with Gasteiger partial charge in [-0.05, 0) is 49.7 Å². The topological polar surface area (TPSA) is 67.6 Å². The number of furan rings is 1. The first-order valence-electron chi connectivity index (χ1n) is 7.77. The van der Waals surface area contributed by atoms with E-state index in [9.17, 15) is 17.6 Å². The van der Waals surface area contributed by atoms with Crippen molar-refractivity contribution in [2.75, 3.05) is 18.1 Å². The van der Waals surface area contributed by atoms with E-state index in [-0.39, 0.29) is 35.0 Å². The van der Waals surface area contributed by atoms with Gasteiger partial charge in [0.1, 0.15) is 11.6 Å². The van der Waals surface area contributed by atoms with Crippen molar-refractivity contribution in [2.45, 2.75) is 19.4 Å². The zero-order chi connectivity index (χ0) is 17.3. The fourth-order valence-corrected chi connectivity index (χ4v) is 4.68. The minimum atomic E-state index is -3.07. The average Bonchev–Trinajstić information content (AvgIpc) is 3.16. The van der Waals surface area contributed by atoms with Crippen molar-refractivity contribution in [3.8, 4) is 11.3 Å². The molecule has 2 heterocycles. The zero-order valence-electron chi connectivity index (χ0n) is 13.2. The lowest BCUT2D eigenvalue weighted by molar-refractivity contribution is 0.0676. The van der Waals surface area contributed by atoms with Crippen LogP contribution in [0.1, 0.15) is 23.9 Å². The summed E-state index contributed by atoms with van der Waals surface area (Å²) in [5.74, 6) is 0.0570. The molecule has 7 heteroatoms. The molecular weight excluding hydrogens is 333 g/mol. The van der Waals surface area contributed by atoms with E-state index >= 15 is 0 Å². The number of halogens is 1. The molecule has 0 saturated carbocycles. The summed E-state index contributed by atoms with van der Waals surface area (Å²) in [5.41, 5.74) is 0.668. The molecule has 1 saturated heterocycles. The molecule has 2 aromatic rings. The third-order valence-electron chi connectivity index (χ3n) is 4.20. The van der Waals surface area contributed by atoms with E-state index in [0.717, 1.165) is 0 Å². The molecule has 1 fully saturated rings. The van der Waals surface area contributed by atoms with Crippen LogP contribution in [0.3, 0.4) is 0 Å². The van der Waals surface area contributed by atoms with Gasteiger partial charge in [-0.1, -0.05) is 0 Å². The first-order chi connectivity index (χ1) is 11.4. The van der Waals surface area contributed by atoms with Gasteiger partial charge in [0.15, 0.2) is 15.6 Å². The fourth-order valence-electron chi connectivity index (χ4n) is 2.95. The van der Waals surface area contributed by atoms with Crippen LogP contribution < -0.4 is 0 Å². The summed E-state index contributed by atoms with van der Waals surface area (Å²) in [6.07, 6.45) is 0.452. The Bertz CT molecular complexity index is 842. The molecule has 0 bridgehead atoms. The predicted molar refractivity (Wildman–Crippen MR) is 87.9 cm³/mol. The Kier molecular flexibility index (Phi) is 4.45. The SMILES string of the molecule is CCN(C(=O)c1ccc(-c2ccc(F)cc2)o1)C1CCS(=O)(=O)C1. The Hall–Kier alpha value is -2.15. The molecule has 1 atom stereocenters. The zero-order valence-corrected chi connectivity index (χ0v) is 14.1. The van der Waals surface area contributed by atoms with E-state index < -0.39 is 9.84 Å². The fraction of sp³-hybridized carbons (Fsp3) is 0.353. The molecule has 1 amide bonds. The van der Waals surface area contributed by atoms with Crippen LogP contribution in [-0.4, -0.2) is 43.3 Å². The van der Waals surface area contributed by atoms with E-state index in [4.69, 9.17) is 4.42 Å². The number of hydrogen-bond donors (Lipinski definition) is 0. The summed E-state index contributed by atoms with van der Waals surface area (Å²) < 4.78 is 41.9. The van der Waals surface area contributed by atoms with Gasteiger partial charge in [-0.3, -0.25) is 4.79 Å². The van der Waals surface area contributed by atoms with Crippen molar-refractivity contribution >= 4 is 15.7 Å². The van der Waals surface area contributed by atoms with Gasteiger partial charge in [0.2, 0.25) is 0 Å². The highest BCUT2D eigenvalue weighted by Gasteiger charge is 2.35. The monoisotopic (exact) mass is 351 g/mol. The predicted octanol–water partition coefficient (Wildman–Crippen LogP) is 2.73. The van der Waals surface area contributed by atoms with Gasteiger partial charge in [0.05, 0.1) is 11.5 Å². The number of amides is 1. The van der Waals surface area contributed by atoms with E-state index in [1.54, 1.807) is 24.3 Å². The maximum absolute atomic E-state index is 13.0. The third-order valence-corrected chi connectivity index (χ3v) is 5.95. The standard InChI is InChI=1S/C17H18FNO4S/c1-2-19(14-9-10-24(21,22)11-14)17(20)16-8-7-15(23-16)12-3-5-13(18)6-4-12/h3-8,14H,2,9-11H2,1H3. The van der Waals surface area contributed by atoms with Crippen molar-refractivity contribution in [2.24, 2.45) is 0 Å². The Morgan fingerprint density at radius 3 is 2.54 bits per heavy atom. The molecule has 0 spiro atoms. The molecule has 5 nitrogen and oxygen atoms in total. The molecule has 24 heavy (non-hydrogen) atoms. The first-order valence-corrected chi connectivity index (χ1v) is 9.59. The van der Waals surface area contributed by atoms with Crippen LogP contribution >= 0.6 is 0 Å². The lowest BCUT2D eigenvalue weighted by atomic mass is 10.2. The second-order valence-corrected chi connectivity index (χ2v) is 8.05. The third kappa shape index (κ3) is 3.36. The van der Waals surface area contributed by atoms with Crippen molar-refractivity contribution < 1.29 is 22.0 Å². The van der Waals surface area contributed by atoms with Crippen molar-refractivity contribution in [1.29, 1.82) is 0 Å². The van der Waals surface area contributed by atoms with Gasteiger partial charge in [-0.25, -0.2) is 12.8 Å².